The third kappa shape index (κ3) is 5.34. The minimum Gasteiger partial charge on any atom is -0.298 e. The second-order valence-corrected chi connectivity index (χ2v) is 5.87. The molecule has 0 amide bonds. The van der Waals surface area contributed by atoms with Gasteiger partial charge in [-0.1, -0.05) is 6.92 Å². The predicted octanol–water partition coefficient (Wildman–Crippen LogP) is 0.330. The van der Waals surface area contributed by atoms with E-state index in [1.165, 1.54) is 6.26 Å². The number of nitrogens with zero attached hydrogens (tertiary/aromatic N) is 1. The van der Waals surface area contributed by atoms with Gasteiger partial charge in [0.05, 0.1) is 11.8 Å². The molecule has 0 aliphatic carbocycles. The first-order valence-electron chi connectivity index (χ1n) is 4.68. The molecule has 0 saturated heterocycles. The van der Waals surface area contributed by atoms with Gasteiger partial charge in [-0.3, -0.25) is 9.69 Å². The van der Waals surface area contributed by atoms with Crippen molar-refractivity contribution in [1.82, 2.24) is 4.90 Å². The van der Waals surface area contributed by atoms with E-state index in [1.807, 2.05) is 6.92 Å². The van der Waals surface area contributed by atoms with Crippen molar-refractivity contribution in [2.24, 2.45) is 0 Å². The highest BCUT2D eigenvalue weighted by molar-refractivity contribution is 7.90. The molecule has 4 nitrogen and oxygen atoms in total. The monoisotopic (exact) mass is 221 g/mol. The maximum atomic E-state index is 11.3. The molecule has 84 valence electrons. The summed E-state index contributed by atoms with van der Waals surface area (Å²) in [6, 6.07) is -0.193. The molecule has 5 heteroatoms. The number of ketones is 1. The van der Waals surface area contributed by atoms with Gasteiger partial charge in [-0.05, 0) is 14.0 Å². The first-order chi connectivity index (χ1) is 6.28. The molecule has 0 spiro atoms. The lowest BCUT2D eigenvalue weighted by molar-refractivity contribution is -0.122. The summed E-state index contributed by atoms with van der Waals surface area (Å²) >= 11 is 0. The Balaban J connectivity index is 4.09. The molecule has 0 aromatic heterocycles. The van der Waals surface area contributed by atoms with Gasteiger partial charge in [0.25, 0.3) is 0 Å². The minimum absolute atomic E-state index is 0.102. The highest BCUT2D eigenvalue weighted by Crippen LogP contribution is 2.00. The van der Waals surface area contributed by atoms with Crippen LogP contribution in [0.2, 0.25) is 0 Å². The van der Waals surface area contributed by atoms with Crippen molar-refractivity contribution >= 4 is 15.6 Å². The Morgan fingerprint density at radius 1 is 1.43 bits per heavy atom. The number of hydrogen-bond donors (Lipinski definition) is 0. The predicted molar refractivity (Wildman–Crippen MR) is 57.1 cm³/mol. The molecular formula is C9H19NO3S. The zero-order chi connectivity index (χ0) is 11.4. The fraction of sp³-hybridized carbons (Fsp3) is 0.889. The van der Waals surface area contributed by atoms with Gasteiger partial charge in [0.15, 0.2) is 0 Å². The summed E-state index contributed by atoms with van der Waals surface area (Å²) in [6.45, 7) is 4.02. The van der Waals surface area contributed by atoms with Crippen LogP contribution < -0.4 is 0 Å². The van der Waals surface area contributed by atoms with E-state index in [9.17, 15) is 13.2 Å². The van der Waals surface area contributed by atoms with Crippen LogP contribution in [-0.4, -0.2) is 50.7 Å². The quantitative estimate of drug-likeness (QED) is 0.648. The number of carbonyl (C=O) groups excluding carboxylic acids is 1. The van der Waals surface area contributed by atoms with E-state index < -0.39 is 9.84 Å². The molecule has 0 aliphatic heterocycles. The average Bonchev–Trinajstić information content (AvgIpc) is 2.10. The first-order valence-corrected chi connectivity index (χ1v) is 6.74. The molecule has 1 atom stereocenters. The van der Waals surface area contributed by atoms with Crippen LogP contribution in [0, 0.1) is 0 Å². The summed E-state index contributed by atoms with van der Waals surface area (Å²) < 4.78 is 21.8. The highest BCUT2D eigenvalue weighted by atomic mass is 32.2. The van der Waals surface area contributed by atoms with E-state index in [1.54, 1.807) is 18.9 Å². The summed E-state index contributed by atoms with van der Waals surface area (Å²) in [6.07, 6.45) is 1.69. The maximum Gasteiger partial charge on any atom is 0.149 e. The third-order valence-electron chi connectivity index (χ3n) is 2.29. The summed E-state index contributed by atoms with van der Waals surface area (Å²) in [5.41, 5.74) is 0. The van der Waals surface area contributed by atoms with Crippen molar-refractivity contribution in [1.29, 1.82) is 0 Å². The Morgan fingerprint density at radius 3 is 2.29 bits per heavy atom. The van der Waals surface area contributed by atoms with Crippen LogP contribution in [0.5, 0.6) is 0 Å². The normalized spacial score (nSPS) is 14.4. The van der Waals surface area contributed by atoms with Gasteiger partial charge in [0.2, 0.25) is 0 Å². The van der Waals surface area contributed by atoms with Gasteiger partial charge in [-0.15, -0.1) is 0 Å². The van der Waals surface area contributed by atoms with E-state index in [2.05, 4.69) is 0 Å². The standard InChI is InChI=1S/C9H19NO3S/c1-5-9(11)8(2)10(3)6-7-14(4,12)13/h8H,5-7H2,1-4H3. The number of sulfone groups is 1. The number of Topliss-reactive ketones (excluding diaryl/α,β-unsaturated/α-hetero) is 1. The second kappa shape index (κ2) is 5.46. The Kier molecular flexibility index (Phi) is 5.29. The van der Waals surface area contributed by atoms with Crippen molar-refractivity contribution in [3.63, 3.8) is 0 Å². The van der Waals surface area contributed by atoms with Gasteiger partial charge in [0.1, 0.15) is 15.6 Å². The van der Waals surface area contributed by atoms with Crippen LogP contribution in [0.3, 0.4) is 0 Å². The molecule has 0 bridgehead atoms. The molecule has 0 fully saturated rings. The highest BCUT2D eigenvalue weighted by Gasteiger charge is 2.16. The molecule has 0 aliphatic rings. The van der Waals surface area contributed by atoms with Crippen LogP contribution in [0.1, 0.15) is 20.3 Å². The van der Waals surface area contributed by atoms with E-state index >= 15 is 0 Å². The summed E-state index contributed by atoms with van der Waals surface area (Å²) in [4.78, 5) is 13.1. The lowest BCUT2D eigenvalue weighted by atomic mass is 10.1. The van der Waals surface area contributed by atoms with Gasteiger partial charge in [0, 0.05) is 19.2 Å². The Labute approximate surface area is 86.2 Å². The number of carbonyl (C=O) groups is 1. The first kappa shape index (κ1) is 13.6. The van der Waals surface area contributed by atoms with Crippen LogP contribution in [0.15, 0.2) is 0 Å². The topological polar surface area (TPSA) is 54.5 Å². The Morgan fingerprint density at radius 2 is 1.93 bits per heavy atom. The molecule has 0 aromatic carbocycles. The minimum atomic E-state index is -2.94. The van der Waals surface area contributed by atoms with E-state index in [4.69, 9.17) is 0 Å². The van der Waals surface area contributed by atoms with Crippen molar-refractivity contribution in [3.8, 4) is 0 Å². The smallest absolute Gasteiger partial charge is 0.149 e. The van der Waals surface area contributed by atoms with E-state index in [0.717, 1.165) is 0 Å². The fourth-order valence-corrected chi connectivity index (χ4v) is 1.66. The van der Waals surface area contributed by atoms with Crippen molar-refractivity contribution in [2.75, 3.05) is 25.6 Å². The zero-order valence-electron chi connectivity index (χ0n) is 9.28. The van der Waals surface area contributed by atoms with Crippen molar-refractivity contribution in [2.45, 2.75) is 26.3 Å². The zero-order valence-corrected chi connectivity index (χ0v) is 10.1. The molecule has 14 heavy (non-hydrogen) atoms. The number of hydrogen-bond acceptors (Lipinski definition) is 4. The molecule has 0 N–H and O–H groups in total. The largest absolute Gasteiger partial charge is 0.298 e. The van der Waals surface area contributed by atoms with Gasteiger partial charge >= 0.3 is 0 Å². The fourth-order valence-electron chi connectivity index (χ4n) is 1.04. The van der Waals surface area contributed by atoms with Crippen LogP contribution >= 0.6 is 0 Å². The molecule has 0 saturated carbocycles. The van der Waals surface area contributed by atoms with Crippen molar-refractivity contribution < 1.29 is 13.2 Å². The molecule has 0 aromatic rings. The SMILES string of the molecule is CCC(=O)C(C)N(C)CCS(C)(=O)=O. The Hall–Kier alpha value is -0.420. The van der Waals surface area contributed by atoms with Crippen LogP contribution in [-0.2, 0) is 14.6 Å². The van der Waals surface area contributed by atoms with Gasteiger partial charge < -0.3 is 0 Å². The number of rotatable bonds is 6. The van der Waals surface area contributed by atoms with Crippen LogP contribution in [0.25, 0.3) is 0 Å². The second-order valence-electron chi connectivity index (χ2n) is 3.61. The summed E-state index contributed by atoms with van der Waals surface area (Å²) in [7, 11) is -1.17. The molecular weight excluding hydrogens is 202 g/mol. The van der Waals surface area contributed by atoms with Gasteiger partial charge in [-0.2, -0.15) is 0 Å². The van der Waals surface area contributed by atoms with Gasteiger partial charge in [-0.25, -0.2) is 8.42 Å². The van der Waals surface area contributed by atoms with Crippen LogP contribution in [0.4, 0.5) is 0 Å². The molecule has 0 rings (SSSR count). The Bertz CT molecular complexity index is 284. The molecule has 0 heterocycles. The third-order valence-corrected chi connectivity index (χ3v) is 3.21. The maximum absolute atomic E-state index is 11.3. The lowest BCUT2D eigenvalue weighted by Crippen LogP contribution is -2.38. The summed E-state index contributed by atoms with van der Waals surface area (Å²) in [5.74, 6) is 0.242. The molecule has 1 unspecified atom stereocenters. The number of likely N-dealkylation sites (N-methyl/N-ethyl adjacent to an activating group) is 1. The van der Waals surface area contributed by atoms with E-state index in [0.29, 0.717) is 13.0 Å². The van der Waals surface area contributed by atoms with Crippen molar-refractivity contribution in [3.05, 3.63) is 0 Å². The van der Waals surface area contributed by atoms with E-state index in [-0.39, 0.29) is 17.6 Å². The molecule has 0 radical (unpaired) electrons. The lowest BCUT2D eigenvalue weighted by Gasteiger charge is -2.22. The summed E-state index contributed by atoms with van der Waals surface area (Å²) in [5, 5.41) is 0. The average molecular weight is 221 g/mol.